The second kappa shape index (κ2) is 7.19. The molecule has 0 N–H and O–H groups in total. The summed E-state index contributed by atoms with van der Waals surface area (Å²) in [5.41, 5.74) is -4.04. The molecule has 0 saturated heterocycles. The van der Waals surface area contributed by atoms with Gasteiger partial charge in [-0.2, -0.15) is 13.2 Å². The number of ketones is 1. The number of rotatable bonds is 6. The fraction of sp³-hybridized carbons (Fsp3) is 0.417. The number of carbonyl (C=O) groups is 1. The lowest BCUT2D eigenvalue weighted by molar-refractivity contribution is -0.0328. The highest BCUT2D eigenvalue weighted by molar-refractivity contribution is 9.09. The van der Waals surface area contributed by atoms with Crippen LogP contribution in [0.4, 0.5) is 13.2 Å². The summed E-state index contributed by atoms with van der Waals surface area (Å²) in [5.74, 6) is 0.0339. The van der Waals surface area contributed by atoms with Crippen LogP contribution in [-0.4, -0.2) is 23.2 Å². The molecule has 106 valence electrons. The largest absolute Gasteiger partial charge is 0.493 e. The maximum atomic E-state index is 12.3. The number of alkyl halides is 4. The first kappa shape index (κ1) is 16.4. The normalized spacial score (nSPS) is 11.4. The van der Waals surface area contributed by atoms with Gasteiger partial charge in [0.15, 0.2) is 5.78 Å². The number of thioether (sulfide) groups is 1. The van der Waals surface area contributed by atoms with E-state index in [4.69, 9.17) is 4.74 Å². The van der Waals surface area contributed by atoms with Gasteiger partial charge >= 0.3 is 5.51 Å². The van der Waals surface area contributed by atoms with Crippen molar-refractivity contribution in [2.24, 2.45) is 0 Å². The van der Waals surface area contributed by atoms with Crippen LogP contribution in [0.15, 0.2) is 23.1 Å². The Kier molecular flexibility index (Phi) is 6.19. The Bertz CT molecular complexity index is 449. The van der Waals surface area contributed by atoms with E-state index in [0.717, 1.165) is 0 Å². The Hall–Kier alpha value is -0.690. The number of halogens is 4. The fourth-order valence-electron chi connectivity index (χ4n) is 1.43. The molecule has 0 bridgehead atoms. The van der Waals surface area contributed by atoms with Gasteiger partial charge in [0.05, 0.1) is 12.2 Å². The van der Waals surface area contributed by atoms with Crippen LogP contribution in [0.5, 0.6) is 5.75 Å². The molecule has 0 saturated carbocycles. The van der Waals surface area contributed by atoms with Crippen LogP contribution in [0.1, 0.15) is 23.7 Å². The van der Waals surface area contributed by atoms with Crippen molar-refractivity contribution < 1.29 is 22.7 Å². The maximum absolute atomic E-state index is 12.3. The number of hydrogen-bond donors (Lipinski definition) is 0. The van der Waals surface area contributed by atoms with Crippen molar-refractivity contribution in [3.8, 4) is 5.75 Å². The number of ether oxygens (including phenoxy) is 1. The third kappa shape index (κ3) is 5.44. The molecule has 0 heterocycles. The van der Waals surface area contributed by atoms with Crippen LogP contribution in [0.25, 0.3) is 0 Å². The molecule has 0 fully saturated rings. The molecule has 0 aromatic heterocycles. The molecule has 19 heavy (non-hydrogen) atoms. The lowest BCUT2D eigenvalue weighted by Gasteiger charge is -2.12. The summed E-state index contributed by atoms with van der Waals surface area (Å²) in [5, 5.41) is 0.496. The zero-order chi connectivity index (χ0) is 14.5. The second-order valence-corrected chi connectivity index (χ2v) is 5.43. The minimum absolute atomic E-state index is 0.00587. The molecule has 0 aliphatic carbocycles. The lowest BCUT2D eigenvalue weighted by atomic mass is 10.1. The molecule has 0 aliphatic heterocycles. The minimum atomic E-state index is -4.36. The van der Waals surface area contributed by atoms with Gasteiger partial charge < -0.3 is 4.74 Å². The van der Waals surface area contributed by atoms with E-state index in [2.05, 4.69) is 15.9 Å². The van der Waals surface area contributed by atoms with Crippen molar-refractivity contribution in [3.05, 3.63) is 23.8 Å². The highest BCUT2D eigenvalue weighted by Gasteiger charge is 2.29. The van der Waals surface area contributed by atoms with E-state index >= 15 is 0 Å². The van der Waals surface area contributed by atoms with Crippen molar-refractivity contribution in [1.82, 2.24) is 0 Å². The molecule has 1 rings (SSSR count). The molecule has 2 nitrogen and oxygen atoms in total. The van der Waals surface area contributed by atoms with E-state index in [1.54, 1.807) is 6.92 Å². The molecule has 1 aromatic rings. The topological polar surface area (TPSA) is 26.3 Å². The number of benzene rings is 1. The van der Waals surface area contributed by atoms with Crippen LogP contribution < -0.4 is 4.74 Å². The average Bonchev–Trinajstić information content (AvgIpc) is 2.27. The fourth-order valence-corrected chi connectivity index (χ4v) is 2.35. The molecule has 0 atom stereocenters. The third-order valence-electron chi connectivity index (χ3n) is 2.11. The minimum Gasteiger partial charge on any atom is -0.493 e. The van der Waals surface area contributed by atoms with Gasteiger partial charge in [-0.1, -0.05) is 15.9 Å². The van der Waals surface area contributed by atoms with Gasteiger partial charge in [0, 0.05) is 16.6 Å². The van der Waals surface area contributed by atoms with Crippen LogP contribution in [0.3, 0.4) is 0 Å². The molecule has 0 radical (unpaired) electrons. The first-order valence-corrected chi connectivity index (χ1v) is 7.43. The van der Waals surface area contributed by atoms with E-state index in [1.807, 2.05) is 0 Å². The number of carbonyl (C=O) groups excluding carboxylic acids is 1. The molecular formula is C12H12BrF3O2S. The van der Waals surface area contributed by atoms with Crippen molar-refractivity contribution >= 4 is 33.5 Å². The maximum Gasteiger partial charge on any atom is 0.446 e. The molecule has 7 heteroatoms. The monoisotopic (exact) mass is 356 g/mol. The summed E-state index contributed by atoms with van der Waals surface area (Å²) < 4.78 is 42.1. The summed E-state index contributed by atoms with van der Waals surface area (Å²) in [4.78, 5) is 11.8. The van der Waals surface area contributed by atoms with Crippen LogP contribution in [0, 0.1) is 0 Å². The molecule has 0 unspecified atom stereocenters. The quantitative estimate of drug-likeness (QED) is 0.421. The van der Waals surface area contributed by atoms with E-state index < -0.39 is 5.51 Å². The predicted molar refractivity (Wildman–Crippen MR) is 72.3 cm³/mol. The Morgan fingerprint density at radius 2 is 2.11 bits per heavy atom. The standard InChI is InChI=1S/C12H12BrF3O2S/c1-2-18-11-7-8(19-12(14,15)16)3-4-9(11)10(17)5-6-13/h3-4,7H,2,5-6H2,1H3. The molecular weight excluding hydrogens is 345 g/mol. The zero-order valence-electron chi connectivity index (χ0n) is 10.1. The molecule has 0 amide bonds. The van der Waals surface area contributed by atoms with Gasteiger partial charge in [0.2, 0.25) is 0 Å². The van der Waals surface area contributed by atoms with Gasteiger partial charge in [0.25, 0.3) is 0 Å². The van der Waals surface area contributed by atoms with Crippen molar-refractivity contribution in [1.29, 1.82) is 0 Å². The third-order valence-corrected chi connectivity index (χ3v) is 3.23. The van der Waals surface area contributed by atoms with Gasteiger partial charge in [-0.05, 0) is 36.9 Å². The van der Waals surface area contributed by atoms with Crippen LogP contribution >= 0.6 is 27.7 Å². The highest BCUT2D eigenvalue weighted by atomic mass is 79.9. The molecule has 1 aromatic carbocycles. The predicted octanol–water partition coefficient (Wildman–Crippen LogP) is 4.66. The average molecular weight is 357 g/mol. The van der Waals surface area contributed by atoms with Crippen molar-refractivity contribution in [2.45, 2.75) is 23.7 Å². The summed E-state index contributed by atoms with van der Waals surface area (Å²) in [7, 11) is 0. The smallest absolute Gasteiger partial charge is 0.446 e. The van der Waals surface area contributed by atoms with E-state index in [9.17, 15) is 18.0 Å². The van der Waals surface area contributed by atoms with E-state index in [0.29, 0.717) is 10.9 Å². The molecule has 0 aliphatic rings. The Morgan fingerprint density at radius 3 is 2.63 bits per heavy atom. The SMILES string of the molecule is CCOc1cc(SC(F)(F)F)ccc1C(=O)CCBr. The van der Waals surface area contributed by atoms with Crippen LogP contribution in [-0.2, 0) is 0 Å². The zero-order valence-corrected chi connectivity index (χ0v) is 12.5. The second-order valence-electron chi connectivity index (χ2n) is 3.50. The summed E-state index contributed by atoms with van der Waals surface area (Å²) in [6, 6.07) is 3.91. The van der Waals surface area contributed by atoms with Gasteiger partial charge in [0.1, 0.15) is 5.75 Å². The van der Waals surface area contributed by atoms with Crippen molar-refractivity contribution in [2.75, 3.05) is 11.9 Å². The van der Waals surface area contributed by atoms with E-state index in [1.165, 1.54) is 18.2 Å². The molecule has 0 spiro atoms. The van der Waals surface area contributed by atoms with Gasteiger partial charge in [-0.25, -0.2) is 0 Å². The van der Waals surface area contributed by atoms with Crippen molar-refractivity contribution in [3.63, 3.8) is 0 Å². The first-order valence-electron chi connectivity index (χ1n) is 5.49. The highest BCUT2D eigenvalue weighted by Crippen LogP contribution is 2.39. The number of Topliss-reactive ketones (excluding diaryl/α,β-unsaturated/α-hetero) is 1. The number of hydrogen-bond acceptors (Lipinski definition) is 3. The Labute approximate surface area is 121 Å². The first-order chi connectivity index (χ1) is 8.87. The summed E-state index contributed by atoms with van der Waals surface area (Å²) >= 11 is 2.92. The Morgan fingerprint density at radius 1 is 1.42 bits per heavy atom. The Balaban J connectivity index is 3.03. The van der Waals surface area contributed by atoms with Gasteiger partial charge in [-0.3, -0.25) is 4.79 Å². The summed E-state index contributed by atoms with van der Waals surface area (Å²) in [6.45, 7) is 2.00. The van der Waals surface area contributed by atoms with Gasteiger partial charge in [-0.15, -0.1) is 0 Å². The summed E-state index contributed by atoms with van der Waals surface area (Å²) in [6.07, 6.45) is 0.270. The van der Waals surface area contributed by atoms with Crippen LogP contribution in [0.2, 0.25) is 0 Å². The lowest BCUT2D eigenvalue weighted by Crippen LogP contribution is -2.05. The van der Waals surface area contributed by atoms with E-state index in [-0.39, 0.29) is 41.2 Å².